The summed E-state index contributed by atoms with van der Waals surface area (Å²) in [6.45, 7) is 8.37. The van der Waals surface area contributed by atoms with Gasteiger partial charge in [-0.3, -0.25) is 9.69 Å². The van der Waals surface area contributed by atoms with E-state index in [1.165, 1.54) is 6.42 Å². The molecule has 1 rings (SSSR count). The lowest BCUT2D eigenvalue weighted by Crippen LogP contribution is -2.48. The summed E-state index contributed by atoms with van der Waals surface area (Å²) in [5.74, 6) is 0.609. The van der Waals surface area contributed by atoms with Crippen molar-refractivity contribution in [1.29, 1.82) is 0 Å². The summed E-state index contributed by atoms with van der Waals surface area (Å²) < 4.78 is 0. The van der Waals surface area contributed by atoms with Crippen molar-refractivity contribution in [1.82, 2.24) is 4.90 Å². The average Bonchev–Trinajstić information content (AvgIpc) is 2.11. The number of carbonyl (C=O) groups is 1. The summed E-state index contributed by atoms with van der Waals surface area (Å²) in [6.07, 6.45) is 2.94. The standard InChI is InChI=1S/C12H23NO2/c1-4-5-11(12(14)15)13-7-9(2)6-10(3)8-13/h9-11H,4-8H2,1-3H3,(H,14,15)/t9-,10+,11-/m1/s1. The second kappa shape index (κ2) is 5.50. The van der Waals surface area contributed by atoms with Gasteiger partial charge in [-0.1, -0.05) is 27.2 Å². The molecule has 1 aliphatic rings. The average molecular weight is 213 g/mol. The van der Waals surface area contributed by atoms with Crippen molar-refractivity contribution < 1.29 is 9.90 Å². The van der Waals surface area contributed by atoms with Crippen molar-refractivity contribution in [2.45, 2.75) is 46.1 Å². The molecule has 0 bridgehead atoms. The van der Waals surface area contributed by atoms with Crippen LogP contribution in [0.1, 0.15) is 40.0 Å². The van der Waals surface area contributed by atoms with E-state index in [1.54, 1.807) is 0 Å². The van der Waals surface area contributed by atoms with Gasteiger partial charge in [0.2, 0.25) is 0 Å². The van der Waals surface area contributed by atoms with Gasteiger partial charge >= 0.3 is 5.97 Å². The van der Waals surface area contributed by atoms with Crippen molar-refractivity contribution in [3.8, 4) is 0 Å². The van der Waals surface area contributed by atoms with E-state index in [1.807, 2.05) is 6.92 Å². The Kier molecular flexibility index (Phi) is 4.58. The van der Waals surface area contributed by atoms with Crippen LogP contribution in [0.4, 0.5) is 0 Å². The van der Waals surface area contributed by atoms with Crippen LogP contribution in [0.15, 0.2) is 0 Å². The van der Waals surface area contributed by atoms with Gasteiger partial charge in [0, 0.05) is 13.1 Å². The minimum atomic E-state index is -0.654. The quantitative estimate of drug-likeness (QED) is 0.778. The molecule has 1 heterocycles. The van der Waals surface area contributed by atoms with Gasteiger partial charge in [-0.2, -0.15) is 0 Å². The normalized spacial score (nSPS) is 30.1. The minimum absolute atomic E-state index is 0.264. The Balaban J connectivity index is 2.61. The van der Waals surface area contributed by atoms with Crippen LogP contribution in [-0.2, 0) is 4.79 Å². The molecule has 0 unspecified atom stereocenters. The molecule has 3 atom stereocenters. The van der Waals surface area contributed by atoms with Gasteiger partial charge in [-0.15, -0.1) is 0 Å². The summed E-state index contributed by atoms with van der Waals surface area (Å²) in [7, 11) is 0. The van der Waals surface area contributed by atoms with Crippen LogP contribution >= 0.6 is 0 Å². The zero-order chi connectivity index (χ0) is 11.4. The Bertz CT molecular complexity index is 208. The fourth-order valence-corrected chi connectivity index (χ4v) is 2.70. The summed E-state index contributed by atoms with van der Waals surface area (Å²) in [6, 6.07) is -0.264. The van der Waals surface area contributed by atoms with Crippen LogP contribution in [0, 0.1) is 11.8 Å². The van der Waals surface area contributed by atoms with Gasteiger partial charge in [0.1, 0.15) is 6.04 Å². The smallest absolute Gasteiger partial charge is 0.320 e. The number of rotatable bonds is 4. The van der Waals surface area contributed by atoms with E-state index in [0.29, 0.717) is 11.8 Å². The highest BCUT2D eigenvalue weighted by Gasteiger charge is 2.30. The van der Waals surface area contributed by atoms with Crippen molar-refractivity contribution >= 4 is 5.97 Å². The van der Waals surface area contributed by atoms with Gasteiger partial charge < -0.3 is 5.11 Å². The maximum absolute atomic E-state index is 11.2. The van der Waals surface area contributed by atoms with E-state index in [2.05, 4.69) is 18.7 Å². The number of nitrogens with zero attached hydrogens (tertiary/aromatic N) is 1. The monoisotopic (exact) mass is 213 g/mol. The number of hydrogen-bond donors (Lipinski definition) is 1. The van der Waals surface area contributed by atoms with Crippen LogP contribution in [0.25, 0.3) is 0 Å². The predicted octanol–water partition coefficient (Wildman–Crippen LogP) is 2.22. The molecule has 0 amide bonds. The van der Waals surface area contributed by atoms with Crippen LogP contribution in [0.3, 0.4) is 0 Å². The molecule has 1 N–H and O–H groups in total. The van der Waals surface area contributed by atoms with Crippen LogP contribution in [-0.4, -0.2) is 35.1 Å². The van der Waals surface area contributed by atoms with E-state index in [0.717, 1.165) is 25.9 Å². The highest BCUT2D eigenvalue weighted by Crippen LogP contribution is 2.24. The zero-order valence-corrected chi connectivity index (χ0v) is 10.1. The Labute approximate surface area is 92.5 Å². The van der Waals surface area contributed by atoms with Crippen molar-refractivity contribution in [3.05, 3.63) is 0 Å². The second-order valence-corrected chi connectivity index (χ2v) is 5.04. The zero-order valence-electron chi connectivity index (χ0n) is 10.1. The van der Waals surface area contributed by atoms with Crippen LogP contribution in [0.5, 0.6) is 0 Å². The lowest BCUT2D eigenvalue weighted by molar-refractivity contribution is -0.144. The van der Waals surface area contributed by atoms with Gasteiger partial charge in [-0.25, -0.2) is 0 Å². The first-order valence-electron chi connectivity index (χ1n) is 6.01. The Morgan fingerprint density at radius 1 is 1.40 bits per heavy atom. The number of likely N-dealkylation sites (tertiary alicyclic amines) is 1. The third kappa shape index (κ3) is 3.49. The Hall–Kier alpha value is -0.570. The van der Waals surface area contributed by atoms with Gasteiger partial charge in [0.25, 0.3) is 0 Å². The number of aliphatic carboxylic acids is 1. The number of carboxylic acids is 1. The van der Waals surface area contributed by atoms with E-state index >= 15 is 0 Å². The van der Waals surface area contributed by atoms with Gasteiger partial charge in [-0.05, 0) is 24.7 Å². The summed E-state index contributed by atoms with van der Waals surface area (Å²) >= 11 is 0. The molecule has 0 aliphatic carbocycles. The fraction of sp³-hybridized carbons (Fsp3) is 0.917. The first-order valence-corrected chi connectivity index (χ1v) is 6.01. The molecule has 15 heavy (non-hydrogen) atoms. The van der Waals surface area contributed by atoms with Gasteiger partial charge in [0.05, 0.1) is 0 Å². The molecule has 88 valence electrons. The van der Waals surface area contributed by atoms with Gasteiger partial charge in [0.15, 0.2) is 0 Å². The molecule has 3 nitrogen and oxygen atoms in total. The van der Waals surface area contributed by atoms with Crippen molar-refractivity contribution in [3.63, 3.8) is 0 Å². The molecule has 3 heteroatoms. The lowest BCUT2D eigenvalue weighted by Gasteiger charge is -2.38. The first-order chi connectivity index (χ1) is 7.04. The highest BCUT2D eigenvalue weighted by atomic mass is 16.4. The second-order valence-electron chi connectivity index (χ2n) is 5.04. The molecule has 0 spiro atoms. The lowest BCUT2D eigenvalue weighted by atomic mass is 9.90. The van der Waals surface area contributed by atoms with E-state index < -0.39 is 5.97 Å². The molecular weight excluding hydrogens is 190 g/mol. The van der Waals surface area contributed by atoms with E-state index in [-0.39, 0.29) is 6.04 Å². The molecule has 0 saturated carbocycles. The largest absolute Gasteiger partial charge is 0.480 e. The molecule has 1 saturated heterocycles. The molecule has 1 aliphatic heterocycles. The van der Waals surface area contributed by atoms with Crippen LogP contribution in [0.2, 0.25) is 0 Å². The van der Waals surface area contributed by atoms with E-state index in [9.17, 15) is 9.90 Å². The summed E-state index contributed by atoms with van der Waals surface area (Å²) in [5, 5.41) is 9.19. The predicted molar refractivity (Wildman–Crippen MR) is 60.8 cm³/mol. The number of carboxylic acid groups (broad SMARTS) is 1. The molecule has 0 radical (unpaired) electrons. The maximum Gasteiger partial charge on any atom is 0.320 e. The summed E-state index contributed by atoms with van der Waals surface area (Å²) in [5.41, 5.74) is 0. The number of hydrogen-bond acceptors (Lipinski definition) is 2. The third-order valence-corrected chi connectivity index (χ3v) is 3.19. The molecule has 0 aromatic carbocycles. The molecule has 0 aromatic rings. The van der Waals surface area contributed by atoms with Crippen molar-refractivity contribution in [2.75, 3.05) is 13.1 Å². The van der Waals surface area contributed by atoms with Crippen LogP contribution < -0.4 is 0 Å². The number of piperidine rings is 1. The topological polar surface area (TPSA) is 40.5 Å². The fourth-order valence-electron chi connectivity index (χ4n) is 2.70. The highest BCUT2D eigenvalue weighted by molar-refractivity contribution is 5.73. The molecule has 1 fully saturated rings. The maximum atomic E-state index is 11.2. The molecule has 0 aromatic heterocycles. The van der Waals surface area contributed by atoms with E-state index in [4.69, 9.17) is 0 Å². The summed E-state index contributed by atoms with van der Waals surface area (Å²) in [4.78, 5) is 13.3. The third-order valence-electron chi connectivity index (χ3n) is 3.19. The Morgan fingerprint density at radius 3 is 2.33 bits per heavy atom. The first kappa shape index (κ1) is 12.5. The SMILES string of the molecule is CCC[C@H](C(=O)O)N1C[C@H](C)C[C@H](C)C1. The molecular formula is C12H23NO2. The minimum Gasteiger partial charge on any atom is -0.480 e. The van der Waals surface area contributed by atoms with Crippen molar-refractivity contribution in [2.24, 2.45) is 11.8 Å². The Morgan fingerprint density at radius 2 is 1.93 bits per heavy atom.